The molecule has 0 atom stereocenters. The summed E-state index contributed by atoms with van der Waals surface area (Å²) in [7, 11) is 1.61. The van der Waals surface area contributed by atoms with Crippen LogP contribution >= 0.6 is 11.3 Å². The van der Waals surface area contributed by atoms with Crippen molar-refractivity contribution in [2.24, 2.45) is 0 Å². The second-order valence-corrected chi connectivity index (χ2v) is 6.65. The highest BCUT2D eigenvalue weighted by Gasteiger charge is 2.07. The van der Waals surface area contributed by atoms with Crippen LogP contribution in [0.5, 0.6) is 5.75 Å². The Hall–Kier alpha value is -3.72. The number of nitrogens with one attached hydrogen (secondary N) is 1. The average molecular weight is 411 g/mol. The van der Waals surface area contributed by atoms with Gasteiger partial charge in [-0.3, -0.25) is 10.1 Å². The highest BCUT2D eigenvalue weighted by molar-refractivity contribution is 7.13. The number of ether oxygens (including phenoxy) is 2. The van der Waals surface area contributed by atoms with E-state index in [0.29, 0.717) is 16.4 Å². The highest BCUT2D eigenvalue weighted by atomic mass is 32.1. The van der Waals surface area contributed by atoms with Crippen LogP contribution in [0.15, 0.2) is 60.0 Å². The molecule has 8 nitrogen and oxygen atoms in total. The lowest BCUT2D eigenvalue weighted by atomic mass is 10.2. The Bertz CT molecular complexity index is 1030. The van der Waals surface area contributed by atoms with Crippen LogP contribution in [0.2, 0.25) is 0 Å². The van der Waals surface area contributed by atoms with E-state index < -0.39 is 10.9 Å². The second-order valence-electron chi connectivity index (χ2n) is 5.79. The van der Waals surface area contributed by atoms with Crippen LogP contribution in [0.3, 0.4) is 0 Å². The molecule has 2 aromatic carbocycles. The Labute approximate surface area is 170 Å². The van der Waals surface area contributed by atoms with Crippen molar-refractivity contribution < 1.29 is 19.2 Å². The van der Waals surface area contributed by atoms with Gasteiger partial charge in [0.15, 0.2) is 5.13 Å². The quantitative estimate of drug-likeness (QED) is 0.251. The van der Waals surface area contributed by atoms with E-state index >= 15 is 0 Å². The van der Waals surface area contributed by atoms with Gasteiger partial charge in [0.1, 0.15) is 12.4 Å². The molecule has 3 aromatic rings. The number of aromatic nitrogens is 1. The van der Waals surface area contributed by atoms with Crippen molar-refractivity contribution >= 4 is 39.9 Å². The Kier molecular flexibility index (Phi) is 6.54. The number of non-ortho nitro benzene ring substituents is 1. The number of nitro groups is 1. The molecule has 0 aliphatic carbocycles. The molecule has 29 heavy (non-hydrogen) atoms. The third-order valence-corrected chi connectivity index (χ3v) is 4.55. The number of anilines is 2. The molecule has 0 fully saturated rings. The Morgan fingerprint density at radius 1 is 1.28 bits per heavy atom. The molecular weight excluding hydrogens is 394 g/mol. The summed E-state index contributed by atoms with van der Waals surface area (Å²) >= 11 is 1.39. The summed E-state index contributed by atoms with van der Waals surface area (Å²) < 4.78 is 10.3. The largest absolute Gasteiger partial charge is 0.497 e. The van der Waals surface area contributed by atoms with E-state index in [0.717, 1.165) is 11.4 Å². The van der Waals surface area contributed by atoms with Gasteiger partial charge in [-0.15, -0.1) is 11.3 Å². The van der Waals surface area contributed by atoms with Gasteiger partial charge in [0.05, 0.1) is 17.7 Å². The minimum Gasteiger partial charge on any atom is -0.497 e. The number of benzene rings is 2. The molecule has 0 aliphatic rings. The number of carbonyl (C=O) groups is 1. The Morgan fingerprint density at radius 2 is 2.07 bits per heavy atom. The molecule has 0 radical (unpaired) electrons. The van der Waals surface area contributed by atoms with E-state index in [9.17, 15) is 14.9 Å². The van der Waals surface area contributed by atoms with Crippen molar-refractivity contribution in [3.63, 3.8) is 0 Å². The summed E-state index contributed by atoms with van der Waals surface area (Å²) in [6.07, 6.45) is 2.69. The van der Waals surface area contributed by atoms with Crippen LogP contribution in [0.1, 0.15) is 11.3 Å². The fourth-order valence-corrected chi connectivity index (χ4v) is 3.04. The summed E-state index contributed by atoms with van der Waals surface area (Å²) in [5.74, 6) is 0.203. The first-order valence-corrected chi connectivity index (χ1v) is 9.36. The first-order chi connectivity index (χ1) is 14.0. The topological polar surface area (TPSA) is 104 Å². The van der Waals surface area contributed by atoms with Crippen molar-refractivity contribution in [2.45, 2.75) is 6.61 Å². The Balaban J connectivity index is 1.51. The third kappa shape index (κ3) is 5.88. The van der Waals surface area contributed by atoms with Gasteiger partial charge in [0.2, 0.25) is 0 Å². The van der Waals surface area contributed by atoms with E-state index in [1.54, 1.807) is 24.6 Å². The molecule has 3 rings (SSSR count). The van der Waals surface area contributed by atoms with Crippen molar-refractivity contribution in [1.29, 1.82) is 0 Å². The summed E-state index contributed by atoms with van der Waals surface area (Å²) in [5.41, 5.74) is 1.97. The molecule has 1 N–H and O–H groups in total. The highest BCUT2D eigenvalue weighted by Crippen LogP contribution is 2.23. The van der Waals surface area contributed by atoms with Crippen LogP contribution in [0.25, 0.3) is 6.08 Å². The van der Waals surface area contributed by atoms with Crippen molar-refractivity contribution in [3.8, 4) is 5.75 Å². The van der Waals surface area contributed by atoms with Gasteiger partial charge in [-0.2, -0.15) is 0 Å². The minimum absolute atomic E-state index is 0.0267. The molecule has 0 aliphatic heterocycles. The predicted molar refractivity (Wildman–Crippen MR) is 110 cm³/mol. The van der Waals surface area contributed by atoms with Gasteiger partial charge in [-0.1, -0.05) is 12.1 Å². The fraction of sp³-hybridized carbons (Fsp3) is 0.100. The van der Waals surface area contributed by atoms with Crippen LogP contribution in [0.4, 0.5) is 16.5 Å². The smallest absolute Gasteiger partial charge is 0.331 e. The van der Waals surface area contributed by atoms with Gasteiger partial charge < -0.3 is 14.8 Å². The van der Waals surface area contributed by atoms with Crippen molar-refractivity contribution in [1.82, 2.24) is 4.98 Å². The van der Waals surface area contributed by atoms with E-state index in [1.807, 2.05) is 24.3 Å². The van der Waals surface area contributed by atoms with Gasteiger partial charge in [0.25, 0.3) is 5.69 Å². The maximum Gasteiger partial charge on any atom is 0.331 e. The fourth-order valence-electron chi connectivity index (χ4n) is 2.33. The molecule has 0 saturated heterocycles. The average Bonchev–Trinajstić information content (AvgIpc) is 3.19. The minimum atomic E-state index is -0.561. The summed E-state index contributed by atoms with van der Waals surface area (Å²) in [5, 5.41) is 16.4. The number of hydrogen-bond donors (Lipinski definition) is 1. The molecule has 1 heterocycles. The van der Waals surface area contributed by atoms with Crippen molar-refractivity contribution in [2.75, 3.05) is 12.4 Å². The number of esters is 1. The molecule has 0 bridgehead atoms. The van der Waals surface area contributed by atoms with Gasteiger partial charge >= 0.3 is 5.97 Å². The van der Waals surface area contributed by atoms with Crippen LogP contribution in [0, 0.1) is 10.1 Å². The molecule has 0 amide bonds. The number of methoxy groups -OCH3 is 1. The number of hydrogen-bond acceptors (Lipinski definition) is 8. The molecule has 9 heteroatoms. The zero-order valence-electron chi connectivity index (χ0n) is 15.4. The maximum atomic E-state index is 11.9. The second kappa shape index (κ2) is 9.47. The molecule has 0 spiro atoms. The van der Waals surface area contributed by atoms with Crippen LogP contribution < -0.4 is 10.1 Å². The lowest BCUT2D eigenvalue weighted by Crippen LogP contribution is -2.01. The lowest BCUT2D eigenvalue weighted by Gasteiger charge is -2.04. The monoisotopic (exact) mass is 411 g/mol. The number of thiazole rings is 1. The molecular formula is C20H17N3O5S. The van der Waals surface area contributed by atoms with Gasteiger partial charge in [0, 0.05) is 29.3 Å². The zero-order valence-corrected chi connectivity index (χ0v) is 16.2. The number of nitro benzene ring substituents is 1. The first kappa shape index (κ1) is 20.0. The molecule has 0 unspecified atom stereocenters. The van der Waals surface area contributed by atoms with Gasteiger partial charge in [-0.25, -0.2) is 9.78 Å². The number of nitrogens with zero attached hydrogens (tertiary/aromatic N) is 2. The zero-order chi connectivity index (χ0) is 20.6. The summed E-state index contributed by atoms with van der Waals surface area (Å²) in [6, 6.07) is 13.4. The standard InChI is InChI=1S/C20H17N3O5S/c1-27-18-8-6-15(7-9-18)21-20-22-16(13-29-20)12-28-19(24)10-5-14-3-2-4-17(11-14)23(25)26/h2-11,13H,12H2,1H3,(H,21,22)/b10-5+. The third-order valence-electron chi connectivity index (χ3n) is 3.75. The van der Waals surface area contributed by atoms with Crippen molar-refractivity contribution in [3.05, 3.63) is 81.4 Å². The van der Waals surface area contributed by atoms with E-state index in [-0.39, 0.29) is 12.3 Å². The lowest BCUT2D eigenvalue weighted by molar-refractivity contribution is -0.384. The van der Waals surface area contributed by atoms with Gasteiger partial charge in [-0.05, 0) is 35.9 Å². The number of carbonyl (C=O) groups excluding carboxylic acids is 1. The summed E-state index contributed by atoms with van der Waals surface area (Å²) in [4.78, 5) is 26.5. The predicted octanol–water partition coefficient (Wildman–Crippen LogP) is 4.56. The van der Waals surface area contributed by atoms with E-state index in [1.165, 1.54) is 35.6 Å². The molecule has 1 aromatic heterocycles. The summed E-state index contributed by atoms with van der Waals surface area (Å²) in [6.45, 7) is 0.0267. The molecule has 148 valence electrons. The normalized spacial score (nSPS) is 10.7. The Morgan fingerprint density at radius 3 is 2.79 bits per heavy atom. The first-order valence-electron chi connectivity index (χ1n) is 8.48. The maximum absolute atomic E-state index is 11.9. The SMILES string of the molecule is COc1ccc(Nc2nc(COC(=O)/C=C/c3cccc([N+](=O)[O-])c3)cs2)cc1. The molecule has 0 saturated carbocycles. The van der Waals surface area contributed by atoms with Crippen LogP contribution in [-0.2, 0) is 16.1 Å². The van der Waals surface area contributed by atoms with Crippen LogP contribution in [-0.4, -0.2) is 23.0 Å². The number of rotatable bonds is 8. The van der Waals surface area contributed by atoms with E-state index in [2.05, 4.69) is 10.3 Å². The van der Waals surface area contributed by atoms with E-state index in [4.69, 9.17) is 9.47 Å².